The third-order valence-corrected chi connectivity index (χ3v) is 4.99. The lowest BCUT2D eigenvalue weighted by atomic mass is 10.0. The van der Waals surface area contributed by atoms with Crippen molar-refractivity contribution in [2.24, 2.45) is 0 Å². The van der Waals surface area contributed by atoms with Gasteiger partial charge in [0.1, 0.15) is 0 Å². The van der Waals surface area contributed by atoms with Crippen LogP contribution in [0.1, 0.15) is 34.8 Å². The largest absolute Gasteiger partial charge is 0.385 e. The lowest BCUT2D eigenvalue weighted by Crippen LogP contribution is -2.20. The van der Waals surface area contributed by atoms with Crippen LogP contribution in [0.4, 0.5) is 0 Å². The summed E-state index contributed by atoms with van der Waals surface area (Å²) in [6, 6.07) is 5.71. The van der Waals surface area contributed by atoms with Gasteiger partial charge in [0.15, 0.2) is 10.9 Å². The van der Waals surface area contributed by atoms with Gasteiger partial charge in [0.25, 0.3) is 0 Å². The number of benzene rings is 1. The molecule has 0 amide bonds. The number of thioether (sulfide) groups is 1. The fraction of sp³-hybridized carbons (Fsp3) is 0.471. The average Bonchev–Trinajstić information content (AvgIpc) is 2.90. The highest BCUT2D eigenvalue weighted by atomic mass is 32.2. The molecule has 130 valence electrons. The van der Waals surface area contributed by atoms with E-state index >= 15 is 0 Å². The van der Waals surface area contributed by atoms with E-state index in [1.165, 1.54) is 11.8 Å². The molecule has 1 heterocycles. The molecule has 6 nitrogen and oxygen atoms in total. The van der Waals surface area contributed by atoms with Gasteiger partial charge in [-0.2, -0.15) is 0 Å². The number of hydrogen-bond donors (Lipinski definition) is 1. The molecule has 0 spiro atoms. The van der Waals surface area contributed by atoms with E-state index in [1.54, 1.807) is 11.7 Å². The van der Waals surface area contributed by atoms with Crippen LogP contribution in [0.2, 0.25) is 0 Å². The van der Waals surface area contributed by atoms with Crippen molar-refractivity contribution >= 4 is 17.5 Å². The molecule has 1 unspecified atom stereocenters. The molecular formula is C17H23N3O3S. The number of ether oxygens (including phenoxy) is 1. The third-order valence-electron chi connectivity index (χ3n) is 3.90. The molecule has 0 fully saturated rings. The van der Waals surface area contributed by atoms with Gasteiger partial charge in [0.05, 0.1) is 5.25 Å². The Bertz CT molecular complexity index is 767. The van der Waals surface area contributed by atoms with Gasteiger partial charge in [-0.05, 0) is 44.4 Å². The van der Waals surface area contributed by atoms with Gasteiger partial charge in [-0.3, -0.25) is 9.36 Å². The molecule has 2 aromatic rings. The summed E-state index contributed by atoms with van der Waals surface area (Å²) in [6.45, 7) is 6.92. The molecule has 1 aromatic heterocycles. The number of nitrogens with zero attached hydrogens (tertiary/aromatic N) is 2. The zero-order chi connectivity index (χ0) is 17.7. The molecule has 0 aliphatic carbocycles. The van der Waals surface area contributed by atoms with Gasteiger partial charge in [-0.15, -0.1) is 5.10 Å². The second-order valence-corrected chi connectivity index (χ2v) is 7.04. The summed E-state index contributed by atoms with van der Waals surface area (Å²) in [7, 11) is 1.62. The monoisotopic (exact) mass is 349 g/mol. The normalized spacial score (nSPS) is 12.3. The van der Waals surface area contributed by atoms with Gasteiger partial charge in [-0.1, -0.05) is 23.9 Å². The number of ketones is 1. The van der Waals surface area contributed by atoms with Crippen LogP contribution in [-0.4, -0.2) is 39.5 Å². The highest BCUT2D eigenvalue weighted by Crippen LogP contribution is 2.24. The van der Waals surface area contributed by atoms with Crippen LogP contribution < -0.4 is 5.69 Å². The van der Waals surface area contributed by atoms with E-state index in [9.17, 15) is 9.59 Å². The SMILES string of the molecule is COCCCn1c(SC(C)C(=O)c2ccc(C)c(C)c2)n[nH]c1=O. The standard InChI is InChI=1S/C17H23N3O3S/c1-11-6-7-14(10-12(11)2)15(21)13(3)24-17-19-18-16(22)20(17)8-5-9-23-4/h6-7,10,13H,5,8-9H2,1-4H3,(H,18,22). The van der Waals surface area contributed by atoms with Crippen LogP contribution in [0.5, 0.6) is 0 Å². The predicted octanol–water partition coefficient (Wildman–Crippen LogP) is 2.59. The maximum Gasteiger partial charge on any atom is 0.343 e. The van der Waals surface area contributed by atoms with Crippen molar-refractivity contribution in [3.05, 3.63) is 45.4 Å². The maximum atomic E-state index is 12.6. The Morgan fingerprint density at radius 3 is 2.79 bits per heavy atom. The Morgan fingerprint density at radius 1 is 1.38 bits per heavy atom. The summed E-state index contributed by atoms with van der Waals surface area (Å²) >= 11 is 1.29. The number of aromatic nitrogens is 3. The predicted molar refractivity (Wildman–Crippen MR) is 94.9 cm³/mol. The highest BCUT2D eigenvalue weighted by molar-refractivity contribution is 8.00. The van der Waals surface area contributed by atoms with Crippen molar-refractivity contribution in [3.8, 4) is 0 Å². The lowest BCUT2D eigenvalue weighted by molar-refractivity contribution is 0.0993. The van der Waals surface area contributed by atoms with Crippen LogP contribution in [0.15, 0.2) is 28.2 Å². The van der Waals surface area contributed by atoms with E-state index in [1.807, 2.05) is 39.0 Å². The number of carbonyl (C=O) groups excluding carboxylic acids is 1. The highest BCUT2D eigenvalue weighted by Gasteiger charge is 2.20. The molecule has 0 saturated heterocycles. The van der Waals surface area contributed by atoms with Crippen molar-refractivity contribution in [1.82, 2.24) is 14.8 Å². The number of Topliss-reactive ketones (excluding diaryl/α,β-unsaturated/α-hetero) is 1. The molecule has 0 aliphatic rings. The van der Waals surface area contributed by atoms with E-state index in [0.29, 0.717) is 30.3 Å². The van der Waals surface area contributed by atoms with Gasteiger partial charge in [0.2, 0.25) is 0 Å². The van der Waals surface area contributed by atoms with E-state index in [-0.39, 0.29) is 16.7 Å². The number of H-pyrrole nitrogens is 1. The molecule has 0 radical (unpaired) electrons. The fourth-order valence-corrected chi connectivity index (χ4v) is 3.26. The average molecular weight is 349 g/mol. The Kier molecular flexibility index (Phi) is 6.39. The number of hydrogen-bond acceptors (Lipinski definition) is 5. The molecule has 0 saturated carbocycles. The van der Waals surface area contributed by atoms with Gasteiger partial charge >= 0.3 is 5.69 Å². The van der Waals surface area contributed by atoms with Crippen molar-refractivity contribution in [2.45, 2.75) is 44.1 Å². The molecule has 1 atom stereocenters. The Morgan fingerprint density at radius 2 is 2.12 bits per heavy atom. The minimum atomic E-state index is -0.330. The van der Waals surface area contributed by atoms with E-state index in [4.69, 9.17) is 4.74 Å². The quantitative estimate of drug-likeness (QED) is 0.450. The first-order valence-electron chi connectivity index (χ1n) is 7.86. The van der Waals surface area contributed by atoms with Crippen molar-refractivity contribution in [3.63, 3.8) is 0 Å². The van der Waals surface area contributed by atoms with Crippen LogP contribution in [0, 0.1) is 13.8 Å². The molecule has 24 heavy (non-hydrogen) atoms. The number of rotatable bonds is 8. The number of aryl methyl sites for hydroxylation is 2. The van der Waals surface area contributed by atoms with Crippen LogP contribution in [-0.2, 0) is 11.3 Å². The van der Waals surface area contributed by atoms with E-state index < -0.39 is 0 Å². The molecule has 1 N–H and O–H groups in total. The maximum absolute atomic E-state index is 12.6. The summed E-state index contributed by atoms with van der Waals surface area (Å²) < 4.78 is 6.56. The Labute approximate surface area is 145 Å². The minimum absolute atomic E-state index is 0.0296. The summed E-state index contributed by atoms with van der Waals surface area (Å²) in [5.74, 6) is 0.0296. The van der Waals surface area contributed by atoms with Gasteiger partial charge < -0.3 is 4.74 Å². The summed E-state index contributed by atoms with van der Waals surface area (Å²) in [5.41, 5.74) is 2.67. The second kappa shape index (κ2) is 8.30. The van der Waals surface area contributed by atoms with Crippen molar-refractivity contribution in [2.75, 3.05) is 13.7 Å². The Balaban J connectivity index is 2.11. The lowest BCUT2D eigenvalue weighted by Gasteiger charge is -2.12. The van der Waals surface area contributed by atoms with Crippen molar-refractivity contribution < 1.29 is 9.53 Å². The zero-order valence-electron chi connectivity index (χ0n) is 14.5. The molecule has 0 bridgehead atoms. The first kappa shape index (κ1) is 18.5. The molecular weight excluding hydrogens is 326 g/mol. The fourth-order valence-electron chi connectivity index (χ4n) is 2.30. The van der Waals surface area contributed by atoms with Crippen molar-refractivity contribution in [1.29, 1.82) is 0 Å². The van der Waals surface area contributed by atoms with E-state index in [0.717, 1.165) is 11.1 Å². The van der Waals surface area contributed by atoms with Crippen LogP contribution in [0.25, 0.3) is 0 Å². The first-order valence-corrected chi connectivity index (χ1v) is 8.74. The zero-order valence-corrected chi connectivity index (χ0v) is 15.3. The number of methoxy groups -OCH3 is 1. The van der Waals surface area contributed by atoms with E-state index in [2.05, 4.69) is 10.2 Å². The third kappa shape index (κ3) is 4.36. The summed E-state index contributed by atoms with van der Waals surface area (Å²) in [5, 5.41) is 6.69. The summed E-state index contributed by atoms with van der Waals surface area (Å²) in [6.07, 6.45) is 0.711. The van der Waals surface area contributed by atoms with Crippen LogP contribution in [0.3, 0.4) is 0 Å². The van der Waals surface area contributed by atoms with Crippen LogP contribution >= 0.6 is 11.8 Å². The van der Waals surface area contributed by atoms with Gasteiger partial charge in [-0.25, -0.2) is 9.89 Å². The Hall–Kier alpha value is -1.86. The van der Waals surface area contributed by atoms with Gasteiger partial charge in [0, 0.05) is 25.8 Å². The topological polar surface area (TPSA) is 77.0 Å². The minimum Gasteiger partial charge on any atom is -0.385 e. The smallest absolute Gasteiger partial charge is 0.343 e. The summed E-state index contributed by atoms with van der Waals surface area (Å²) in [4.78, 5) is 24.5. The molecule has 0 aliphatic heterocycles. The first-order chi connectivity index (χ1) is 11.4. The number of nitrogens with one attached hydrogen (secondary N) is 1. The molecule has 1 aromatic carbocycles. The molecule has 7 heteroatoms. The second-order valence-electron chi connectivity index (χ2n) is 5.73. The number of aromatic amines is 1. The number of carbonyl (C=O) groups is 1. The molecule has 2 rings (SSSR count).